The summed E-state index contributed by atoms with van der Waals surface area (Å²) < 4.78 is 18.6. The van der Waals surface area contributed by atoms with E-state index in [4.69, 9.17) is 14.2 Å². The molecule has 0 N–H and O–H groups in total. The van der Waals surface area contributed by atoms with E-state index in [2.05, 4.69) is 48.5 Å². The summed E-state index contributed by atoms with van der Waals surface area (Å²) in [6.07, 6.45) is 3.27. The third-order valence-corrected chi connectivity index (χ3v) is 9.23. The van der Waals surface area contributed by atoms with Gasteiger partial charge in [0, 0.05) is 61.6 Å². The molecule has 3 aliphatic rings. The van der Waals surface area contributed by atoms with E-state index < -0.39 is 5.92 Å². The maximum atomic E-state index is 14.1. The van der Waals surface area contributed by atoms with Crippen LogP contribution in [0.5, 0.6) is 11.5 Å². The summed E-state index contributed by atoms with van der Waals surface area (Å²) >= 11 is 3.77. The summed E-state index contributed by atoms with van der Waals surface area (Å²) in [5, 5.41) is 0. The van der Waals surface area contributed by atoms with Crippen LogP contribution < -0.4 is 9.47 Å². The maximum absolute atomic E-state index is 14.1. The van der Waals surface area contributed by atoms with Gasteiger partial charge in [0.15, 0.2) is 23.1 Å². The van der Waals surface area contributed by atoms with E-state index in [1.54, 1.807) is 7.11 Å². The van der Waals surface area contributed by atoms with Crippen molar-refractivity contribution in [1.82, 2.24) is 4.90 Å². The highest BCUT2D eigenvalue weighted by molar-refractivity contribution is 9.10. The van der Waals surface area contributed by atoms with Gasteiger partial charge in [-0.2, -0.15) is 0 Å². The second kappa shape index (κ2) is 12.6. The molecule has 2 aromatic rings. The number of allylic oxidation sites excluding steroid dienone is 4. The van der Waals surface area contributed by atoms with Gasteiger partial charge in [-0.05, 0) is 76.2 Å². The Hall–Kier alpha value is -2.90. The molecule has 6 nitrogen and oxygen atoms in total. The fourth-order valence-electron chi connectivity index (χ4n) is 6.91. The summed E-state index contributed by atoms with van der Waals surface area (Å²) in [5.74, 6) is 1.00. The lowest BCUT2D eigenvalue weighted by atomic mass is 9.63. The van der Waals surface area contributed by atoms with Gasteiger partial charge in [-0.3, -0.25) is 9.59 Å². The molecular weight excluding hydrogens is 606 g/mol. The largest absolute Gasteiger partial charge is 0.490 e. The summed E-state index contributed by atoms with van der Waals surface area (Å²) in [5.41, 5.74) is 5.23. The highest BCUT2D eigenvalue weighted by Gasteiger charge is 2.49. The van der Waals surface area contributed by atoms with Gasteiger partial charge < -0.3 is 19.1 Å². The average molecular weight is 651 g/mol. The van der Waals surface area contributed by atoms with Gasteiger partial charge in [0.25, 0.3) is 0 Å². The van der Waals surface area contributed by atoms with Crippen LogP contribution in [0.15, 0.2) is 69.5 Å². The number of nitrogens with zero attached hydrogens (tertiary/aromatic N) is 1. The van der Waals surface area contributed by atoms with E-state index in [1.165, 1.54) is 0 Å². The molecule has 0 bridgehead atoms. The smallest absolute Gasteiger partial charge is 0.175 e. The molecule has 0 atom stereocenters. The van der Waals surface area contributed by atoms with E-state index in [0.717, 1.165) is 57.4 Å². The third-order valence-electron chi connectivity index (χ3n) is 8.64. The molecule has 5 rings (SSSR count). The number of hydrogen-bond donors (Lipinski definition) is 0. The molecule has 0 aromatic heterocycles. The molecule has 0 spiro atoms. The zero-order valence-corrected chi connectivity index (χ0v) is 27.9. The van der Waals surface area contributed by atoms with E-state index in [9.17, 15) is 9.59 Å². The molecule has 0 saturated heterocycles. The van der Waals surface area contributed by atoms with Crippen molar-refractivity contribution in [2.24, 2.45) is 10.8 Å². The Morgan fingerprint density at radius 3 is 2.05 bits per heavy atom. The first-order valence-electron chi connectivity index (χ1n) is 15.4. The molecule has 43 heavy (non-hydrogen) atoms. The average Bonchev–Trinajstić information content (AvgIpc) is 2.92. The monoisotopic (exact) mass is 649 g/mol. The van der Waals surface area contributed by atoms with Gasteiger partial charge in [0.1, 0.15) is 6.61 Å². The number of Topliss-reactive ketones (excluding diaryl/α,β-unsaturated/α-hetero) is 2. The molecule has 0 radical (unpaired) electrons. The number of halogens is 1. The number of carbonyl (C=O) groups excluding carboxylic acids is 2. The molecule has 2 aromatic carbocycles. The van der Waals surface area contributed by atoms with Crippen molar-refractivity contribution in [3.63, 3.8) is 0 Å². The zero-order chi connectivity index (χ0) is 30.9. The summed E-state index contributed by atoms with van der Waals surface area (Å²) in [4.78, 5) is 30.6. The van der Waals surface area contributed by atoms with E-state index in [1.807, 2.05) is 49.4 Å². The number of benzene rings is 2. The Kier molecular flexibility index (Phi) is 9.24. The molecule has 0 unspecified atom stereocenters. The fourth-order valence-corrected chi connectivity index (χ4v) is 7.48. The van der Waals surface area contributed by atoms with Crippen molar-refractivity contribution >= 4 is 27.5 Å². The minimum Gasteiger partial charge on any atom is -0.490 e. The normalized spacial score (nSPS) is 19.8. The van der Waals surface area contributed by atoms with E-state index in [-0.39, 0.29) is 22.4 Å². The first-order chi connectivity index (χ1) is 20.4. The second-order valence-corrected chi connectivity index (χ2v) is 14.4. The summed E-state index contributed by atoms with van der Waals surface area (Å²) in [6, 6.07) is 14.0. The first-order valence-corrected chi connectivity index (χ1v) is 16.2. The predicted molar refractivity (Wildman–Crippen MR) is 172 cm³/mol. The fraction of sp³-hybridized carbons (Fsp3) is 0.500. The van der Waals surface area contributed by atoms with Crippen LogP contribution in [0.1, 0.15) is 83.8 Å². The van der Waals surface area contributed by atoms with Crippen molar-refractivity contribution in [3.05, 3.63) is 80.6 Å². The maximum Gasteiger partial charge on any atom is 0.175 e. The molecule has 230 valence electrons. The highest BCUT2D eigenvalue weighted by Crippen LogP contribution is 2.55. The van der Waals surface area contributed by atoms with Crippen LogP contribution in [0.2, 0.25) is 0 Å². The van der Waals surface area contributed by atoms with Crippen LogP contribution in [0.25, 0.3) is 0 Å². The van der Waals surface area contributed by atoms with E-state index in [0.29, 0.717) is 50.7 Å². The molecule has 0 saturated carbocycles. The predicted octanol–water partition coefficient (Wildman–Crippen LogP) is 8.15. The summed E-state index contributed by atoms with van der Waals surface area (Å²) in [7, 11) is 1.71. The lowest BCUT2D eigenvalue weighted by molar-refractivity contribution is -0.119. The lowest BCUT2D eigenvalue weighted by Gasteiger charge is -2.49. The Balaban J connectivity index is 1.67. The van der Waals surface area contributed by atoms with Crippen LogP contribution in [-0.4, -0.2) is 43.3 Å². The SMILES string of the molecule is CCOc1cc(C2C3=C(CC(C)(C)CC3=O)N(CCCOC)C3=C2C(=O)CC(C)(C)C3)cc(Br)c1OCc1ccccc1. The minimum absolute atomic E-state index is 0.121. The quantitative estimate of drug-likeness (QED) is 0.242. The zero-order valence-electron chi connectivity index (χ0n) is 26.3. The Morgan fingerprint density at radius 2 is 1.49 bits per heavy atom. The molecule has 1 heterocycles. The molecule has 1 aliphatic heterocycles. The first kappa shape index (κ1) is 31.5. The third kappa shape index (κ3) is 6.63. The number of carbonyl (C=O) groups is 2. The van der Waals surface area contributed by atoms with Gasteiger partial charge >= 0.3 is 0 Å². The summed E-state index contributed by atoms with van der Waals surface area (Å²) in [6.45, 7) is 12.8. The number of ether oxygens (including phenoxy) is 3. The van der Waals surface area contributed by atoms with Crippen LogP contribution in [0, 0.1) is 10.8 Å². The molecule has 2 aliphatic carbocycles. The standard InChI is InChI=1S/C36H44BrNO5/c1-7-42-30-17-24(16-25(37)34(30)43-22-23-12-9-8-10-13-23)31-32-26(18-35(2,3)20-28(32)39)38(14-11-15-41-6)27-19-36(4,5)21-29(40)33(27)31/h8-10,12-13,16-17,31H,7,11,14-15,18-22H2,1-6H3. The number of hydrogen-bond acceptors (Lipinski definition) is 6. The number of ketones is 2. The molecule has 7 heteroatoms. The van der Waals surface area contributed by atoms with Gasteiger partial charge in [-0.1, -0.05) is 58.0 Å². The Bertz CT molecular complexity index is 1400. The molecule has 0 amide bonds. The van der Waals surface area contributed by atoms with Gasteiger partial charge in [-0.15, -0.1) is 0 Å². The number of rotatable bonds is 10. The Labute approximate surface area is 264 Å². The van der Waals surface area contributed by atoms with Gasteiger partial charge in [0.2, 0.25) is 0 Å². The topological polar surface area (TPSA) is 65.1 Å². The van der Waals surface area contributed by atoms with Gasteiger partial charge in [0.05, 0.1) is 11.1 Å². The molecular formula is C36H44BrNO5. The minimum atomic E-state index is -0.449. The van der Waals surface area contributed by atoms with Crippen molar-refractivity contribution in [1.29, 1.82) is 0 Å². The van der Waals surface area contributed by atoms with Crippen LogP contribution >= 0.6 is 15.9 Å². The Morgan fingerprint density at radius 1 is 0.884 bits per heavy atom. The van der Waals surface area contributed by atoms with Gasteiger partial charge in [-0.25, -0.2) is 0 Å². The van der Waals surface area contributed by atoms with Crippen molar-refractivity contribution in [2.45, 2.75) is 79.2 Å². The molecule has 0 fully saturated rings. The second-order valence-electron chi connectivity index (χ2n) is 13.6. The van der Waals surface area contributed by atoms with Crippen molar-refractivity contribution in [3.8, 4) is 11.5 Å². The number of methoxy groups -OCH3 is 1. The van der Waals surface area contributed by atoms with E-state index >= 15 is 0 Å². The van der Waals surface area contributed by atoms with Crippen LogP contribution in [-0.2, 0) is 20.9 Å². The van der Waals surface area contributed by atoms with Crippen molar-refractivity contribution in [2.75, 3.05) is 26.9 Å². The lowest BCUT2D eigenvalue weighted by Crippen LogP contribution is -2.44. The van der Waals surface area contributed by atoms with Crippen LogP contribution in [0.3, 0.4) is 0 Å². The van der Waals surface area contributed by atoms with Crippen molar-refractivity contribution < 1.29 is 23.8 Å². The van der Waals surface area contributed by atoms with Crippen LogP contribution in [0.4, 0.5) is 0 Å². The highest BCUT2D eigenvalue weighted by atomic mass is 79.9.